The van der Waals surface area contributed by atoms with Crippen molar-refractivity contribution in [3.63, 3.8) is 0 Å². The summed E-state index contributed by atoms with van der Waals surface area (Å²) in [6, 6.07) is 5.76. The molecule has 0 amide bonds. The van der Waals surface area contributed by atoms with Crippen LogP contribution in [0.2, 0.25) is 0 Å². The molecule has 2 heterocycles. The Morgan fingerprint density at radius 3 is 3.05 bits per heavy atom. The number of aromatic nitrogens is 2. The van der Waals surface area contributed by atoms with Gasteiger partial charge in [-0.1, -0.05) is 0 Å². The maximum atomic E-state index is 10.9. The van der Waals surface area contributed by atoms with Crippen LogP contribution >= 0.6 is 0 Å². The van der Waals surface area contributed by atoms with E-state index < -0.39 is 0 Å². The van der Waals surface area contributed by atoms with E-state index >= 15 is 0 Å². The molecule has 0 aliphatic carbocycles. The van der Waals surface area contributed by atoms with Crippen molar-refractivity contribution < 1.29 is 14.3 Å². The van der Waals surface area contributed by atoms with Gasteiger partial charge < -0.3 is 19.3 Å². The summed E-state index contributed by atoms with van der Waals surface area (Å²) in [5.41, 5.74) is 1.91. The van der Waals surface area contributed by atoms with Crippen LogP contribution in [-0.4, -0.2) is 22.5 Å². The number of nitrogens with one attached hydrogen (secondary N) is 1. The van der Waals surface area contributed by atoms with Crippen LogP contribution in [0.5, 0.6) is 11.5 Å². The molecule has 98 valence electrons. The summed E-state index contributed by atoms with van der Waals surface area (Å²) >= 11 is 0. The van der Waals surface area contributed by atoms with E-state index in [1.807, 2.05) is 18.2 Å². The van der Waals surface area contributed by atoms with Crippen LogP contribution in [0, 0.1) is 0 Å². The van der Waals surface area contributed by atoms with Gasteiger partial charge in [-0.15, -0.1) is 0 Å². The van der Waals surface area contributed by atoms with Crippen LogP contribution in [0.25, 0.3) is 11.3 Å². The number of ketones is 1. The number of benzene rings is 1. The Morgan fingerprint density at radius 1 is 1.37 bits per heavy atom. The number of Topliss-reactive ketones (excluding diaryl/α,β-unsaturated/α-hetero) is 1. The molecular formula is C14H14N2O3. The zero-order valence-corrected chi connectivity index (χ0v) is 10.6. The maximum Gasteiger partial charge on any atom is 0.231 e. The van der Waals surface area contributed by atoms with Crippen molar-refractivity contribution in [2.24, 2.45) is 0 Å². The molecule has 0 fully saturated rings. The highest BCUT2D eigenvalue weighted by molar-refractivity contribution is 5.75. The molecule has 1 aromatic heterocycles. The van der Waals surface area contributed by atoms with Gasteiger partial charge in [-0.3, -0.25) is 0 Å². The number of hydrogen-bond acceptors (Lipinski definition) is 4. The van der Waals surface area contributed by atoms with Gasteiger partial charge in [0.25, 0.3) is 0 Å². The number of carbonyl (C=O) groups excluding carboxylic acids is 1. The summed E-state index contributed by atoms with van der Waals surface area (Å²) in [6.45, 7) is 1.85. The average molecular weight is 258 g/mol. The minimum atomic E-state index is 0.168. The Morgan fingerprint density at radius 2 is 2.21 bits per heavy atom. The number of aryl methyl sites for hydroxylation is 1. The first kappa shape index (κ1) is 11.8. The summed E-state index contributed by atoms with van der Waals surface area (Å²) in [4.78, 5) is 18.4. The summed E-state index contributed by atoms with van der Waals surface area (Å²) < 4.78 is 10.6. The van der Waals surface area contributed by atoms with Crippen molar-refractivity contribution in [1.29, 1.82) is 0 Å². The SMILES string of the molecule is CC(=O)CCc1ncc(-c2ccc3c(c2)OCO3)[nH]1. The Kier molecular flexibility index (Phi) is 2.95. The minimum absolute atomic E-state index is 0.168. The molecule has 0 spiro atoms. The first-order valence-corrected chi connectivity index (χ1v) is 6.16. The molecule has 1 aliphatic heterocycles. The first-order chi connectivity index (χ1) is 9.22. The fourth-order valence-electron chi connectivity index (χ4n) is 1.99. The maximum absolute atomic E-state index is 10.9. The molecule has 0 bridgehead atoms. The number of hydrogen-bond donors (Lipinski definition) is 1. The molecule has 3 rings (SSSR count). The fourth-order valence-corrected chi connectivity index (χ4v) is 1.99. The van der Waals surface area contributed by atoms with Gasteiger partial charge in [0.05, 0.1) is 11.9 Å². The van der Waals surface area contributed by atoms with Crippen molar-refractivity contribution in [2.45, 2.75) is 19.8 Å². The van der Waals surface area contributed by atoms with Crippen molar-refractivity contribution in [1.82, 2.24) is 9.97 Å². The molecule has 0 unspecified atom stereocenters. The third kappa shape index (κ3) is 2.45. The Labute approximate surface area is 110 Å². The van der Waals surface area contributed by atoms with Crippen molar-refractivity contribution in [3.8, 4) is 22.8 Å². The summed E-state index contributed by atoms with van der Waals surface area (Å²) in [6.07, 6.45) is 2.92. The summed E-state index contributed by atoms with van der Waals surface area (Å²) in [5.74, 6) is 2.50. The van der Waals surface area contributed by atoms with Crippen molar-refractivity contribution in [2.75, 3.05) is 6.79 Å². The third-order valence-corrected chi connectivity index (χ3v) is 3.03. The highest BCUT2D eigenvalue weighted by atomic mass is 16.7. The van der Waals surface area contributed by atoms with E-state index in [0.29, 0.717) is 12.8 Å². The number of imidazole rings is 1. The molecule has 1 aromatic carbocycles. The van der Waals surface area contributed by atoms with E-state index in [9.17, 15) is 4.79 Å². The van der Waals surface area contributed by atoms with E-state index in [1.165, 1.54) is 0 Å². The fraction of sp³-hybridized carbons (Fsp3) is 0.286. The van der Waals surface area contributed by atoms with E-state index in [4.69, 9.17) is 9.47 Å². The quantitative estimate of drug-likeness (QED) is 0.914. The lowest BCUT2D eigenvalue weighted by molar-refractivity contribution is -0.117. The standard InChI is InChI=1S/C14H14N2O3/c1-9(17)2-5-14-15-7-11(16-14)10-3-4-12-13(6-10)19-8-18-12/h3-4,6-7H,2,5,8H2,1H3,(H,15,16). The van der Waals surface area contributed by atoms with Gasteiger partial charge in [0, 0.05) is 18.4 Å². The number of ether oxygens (including phenoxy) is 2. The molecule has 1 aliphatic rings. The normalized spacial score (nSPS) is 12.7. The lowest BCUT2D eigenvalue weighted by atomic mass is 10.1. The molecule has 19 heavy (non-hydrogen) atoms. The van der Waals surface area contributed by atoms with Gasteiger partial charge in [0.15, 0.2) is 11.5 Å². The second-order valence-corrected chi connectivity index (χ2v) is 4.51. The summed E-state index contributed by atoms with van der Waals surface area (Å²) in [5, 5.41) is 0. The number of nitrogens with zero attached hydrogens (tertiary/aromatic N) is 1. The van der Waals surface area contributed by atoms with E-state index in [2.05, 4.69) is 9.97 Å². The number of carbonyl (C=O) groups is 1. The van der Waals surface area contributed by atoms with Gasteiger partial charge in [-0.25, -0.2) is 4.98 Å². The number of H-pyrrole nitrogens is 1. The Bertz CT molecular complexity index is 619. The molecular weight excluding hydrogens is 244 g/mol. The monoisotopic (exact) mass is 258 g/mol. The van der Waals surface area contributed by atoms with Gasteiger partial charge >= 0.3 is 0 Å². The van der Waals surface area contributed by atoms with Crippen molar-refractivity contribution >= 4 is 5.78 Å². The lowest BCUT2D eigenvalue weighted by Gasteiger charge is -2.00. The second-order valence-electron chi connectivity index (χ2n) is 4.51. The van der Waals surface area contributed by atoms with Crippen LogP contribution in [0.4, 0.5) is 0 Å². The van der Waals surface area contributed by atoms with E-state index in [0.717, 1.165) is 28.6 Å². The molecule has 5 heteroatoms. The van der Waals surface area contributed by atoms with Crippen LogP contribution in [0.1, 0.15) is 19.2 Å². The van der Waals surface area contributed by atoms with Gasteiger partial charge in [-0.2, -0.15) is 0 Å². The molecule has 0 saturated carbocycles. The Balaban J connectivity index is 1.80. The highest BCUT2D eigenvalue weighted by Gasteiger charge is 2.14. The van der Waals surface area contributed by atoms with Gasteiger partial charge in [-0.05, 0) is 25.1 Å². The average Bonchev–Trinajstić information content (AvgIpc) is 3.04. The zero-order valence-electron chi connectivity index (χ0n) is 10.6. The highest BCUT2D eigenvalue weighted by Crippen LogP contribution is 2.35. The molecule has 2 aromatic rings. The minimum Gasteiger partial charge on any atom is -0.454 e. The van der Waals surface area contributed by atoms with Crippen LogP contribution in [0.15, 0.2) is 24.4 Å². The van der Waals surface area contributed by atoms with E-state index in [-0.39, 0.29) is 12.6 Å². The lowest BCUT2D eigenvalue weighted by Crippen LogP contribution is -1.95. The Hall–Kier alpha value is -2.30. The molecule has 0 saturated heterocycles. The van der Waals surface area contributed by atoms with Crippen LogP contribution in [-0.2, 0) is 11.2 Å². The molecule has 0 atom stereocenters. The topological polar surface area (TPSA) is 64.2 Å². The first-order valence-electron chi connectivity index (χ1n) is 6.16. The predicted molar refractivity (Wildman–Crippen MR) is 69.1 cm³/mol. The largest absolute Gasteiger partial charge is 0.454 e. The second kappa shape index (κ2) is 4.76. The number of fused-ring (bicyclic) bond motifs is 1. The molecule has 1 N–H and O–H groups in total. The predicted octanol–water partition coefficient (Wildman–Crippen LogP) is 2.33. The molecule has 5 nitrogen and oxygen atoms in total. The zero-order chi connectivity index (χ0) is 13.2. The number of aromatic amines is 1. The van der Waals surface area contributed by atoms with Gasteiger partial charge in [0.1, 0.15) is 11.6 Å². The smallest absolute Gasteiger partial charge is 0.231 e. The number of rotatable bonds is 4. The third-order valence-electron chi connectivity index (χ3n) is 3.03. The van der Waals surface area contributed by atoms with E-state index in [1.54, 1.807) is 13.1 Å². The van der Waals surface area contributed by atoms with Crippen LogP contribution < -0.4 is 9.47 Å². The van der Waals surface area contributed by atoms with Gasteiger partial charge in [0.2, 0.25) is 6.79 Å². The van der Waals surface area contributed by atoms with Crippen LogP contribution in [0.3, 0.4) is 0 Å². The summed E-state index contributed by atoms with van der Waals surface area (Å²) in [7, 11) is 0. The van der Waals surface area contributed by atoms with Crippen molar-refractivity contribution in [3.05, 3.63) is 30.2 Å². The molecule has 0 radical (unpaired) electrons.